The molecule has 7 heteroatoms. The summed E-state index contributed by atoms with van der Waals surface area (Å²) in [5.74, 6) is -0.0255. The highest BCUT2D eigenvalue weighted by Gasteiger charge is 2.06. The second-order valence-electron chi connectivity index (χ2n) is 3.11. The Balaban J connectivity index is 2.31. The van der Waals surface area contributed by atoms with Crippen molar-refractivity contribution in [3.8, 4) is 5.82 Å². The lowest BCUT2D eigenvalue weighted by Gasteiger charge is -1.99. The van der Waals surface area contributed by atoms with Gasteiger partial charge in [-0.15, -0.1) is 0 Å². The molecule has 0 radical (unpaired) electrons. The summed E-state index contributed by atoms with van der Waals surface area (Å²) in [4.78, 5) is 19.0. The van der Waals surface area contributed by atoms with Crippen LogP contribution in [0.15, 0.2) is 24.8 Å². The summed E-state index contributed by atoms with van der Waals surface area (Å²) in [6, 6.07) is 0. The molecule has 0 saturated carbocycles. The summed E-state index contributed by atoms with van der Waals surface area (Å²) in [6.07, 6.45) is 5.95. The van der Waals surface area contributed by atoms with Gasteiger partial charge in [-0.3, -0.25) is 9.78 Å². The summed E-state index contributed by atoms with van der Waals surface area (Å²) in [6.45, 7) is 0.332. The van der Waals surface area contributed by atoms with E-state index in [2.05, 4.69) is 15.1 Å². The van der Waals surface area contributed by atoms with Gasteiger partial charge in [0.2, 0.25) is 0 Å². The molecular weight excluding hydrogens is 208 g/mol. The van der Waals surface area contributed by atoms with Crippen LogP contribution < -0.4 is 11.5 Å². The predicted molar refractivity (Wildman–Crippen MR) is 55.6 cm³/mol. The number of carbonyl (C=O) groups is 1. The minimum Gasteiger partial charge on any atom is -0.366 e. The standard InChI is InChI=1S/C9H10N6O/c10-1-7-3-13-8(4-12-7)15-5-6(2-14-15)9(11)16/h2-5H,1,10H2,(H2,11,16). The number of rotatable bonds is 3. The fraction of sp³-hybridized carbons (Fsp3) is 0.111. The Morgan fingerprint density at radius 2 is 2.12 bits per heavy atom. The molecule has 0 atom stereocenters. The van der Waals surface area contributed by atoms with E-state index < -0.39 is 5.91 Å². The average Bonchev–Trinajstić information content (AvgIpc) is 2.78. The fourth-order valence-electron chi connectivity index (χ4n) is 1.15. The predicted octanol–water partition coefficient (Wildman–Crippen LogP) is -0.780. The molecule has 2 aromatic rings. The zero-order valence-corrected chi connectivity index (χ0v) is 8.37. The van der Waals surface area contributed by atoms with Gasteiger partial charge in [-0.1, -0.05) is 0 Å². The third-order valence-electron chi connectivity index (χ3n) is 2.00. The minimum atomic E-state index is -0.530. The van der Waals surface area contributed by atoms with Crippen molar-refractivity contribution in [2.75, 3.05) is 0 Å². The van der Waals surface area contributed by atoms with E-state index in [1.165, 1.54) is 23.3 Å². The minimum absolute atomic E-state index is 0.324. The molecule has 0 aliphatic rings. The van der Waals surface area contributed by atoms with Crippen molar-refractivity contribution in [1.82, 2.24) is 19.7 Å². The molecule has 0 aromatic carbocycles. The van der Waals surface area contributed by atoms with Gasteiger partial charge in [-0.2, -0.15) is 5.10 Å². The molecular formula is C9H10N6O. The normalized spacial score (nSPS) is 10.3. The first-order chi connectivity index (χ1) is 7.70. The fourth-order valence-corrected chi connectivity index (χ4v) is 1.15. The van der Waals surface area contributed by atoms with Gasteiger partial charge in [0.15, 0.2) is 5.82 Å². The molecule has 0 bridgehead atoms. The van der Waals surface area contributed by atoms with Gasteiger partial charge in [0, 0.05) is 12.7 Å². The smallest absolute Gasteiger partial charge is 0.251 e. The molecule has 1 amide bonds. The molecule has 0 unspecified atom stereocenters. The summed E-state index contributed by atoms with van der Waals surface area (Å²) in [5, 5.41) is 3.95. The van der Waals surface area contributed by atoms with Gasteiger partial charge < -0.3 is 11.5 Å². The number of nitrogens with zero attached hydrogens (tertiary/aromatic N) is 4. The van der Waals surface area contributed by atoms with Crippen LogP contribution >= 0.6 is 0 Å². The summed E-state index contributed by atoms with van der Waals surface area (Å²) in [5.41, 5.74) is 11.5. The van der Waals surface area contributed by atoms with Crippen molar-refractivity contribution in [2.45, 2.75) is 6.54 Å². The zero-order valence-electron chi connectivity index (χ0n) is 8.37. The van der Waals surface area contributed by atoms with Crippen LogP contribution in [0.2, 0.25) is 0 Å². The lowest BCUT2D eigenvalue weighted by Crippen LogP contribution is -2.09. The van der Waals surface area contributed by atoms with E-state index >= 15 is 0 Å². The Morgan fingerprint density at radius 1 is 1.31 bits per heavy atom. The molecule has 2 aromatic heterocycles. The van der Waals surface area contributed by atoms with E-state index in [1.807, 2.05) is 0 Å². The second kappa shape index (κ2) is 4.07. The van der Waals surface area contributed by atoms with Crippen LogP contribution in [0.3, 0.4) is 0 Å². The maximum atomic E-state index is 10.9. The van der Waals surface area contributed by atoms with E-state index in [4.69, 9.17) is 11.5 Å². The van der Waals surface area contributed by atoms with E-state index in [1.54, 1.807) is 6.20 Å². The largest absolute Gasteiger partial charge is 0.366 e. The average molecular weight is 218 g/mol. The topological polar surface area (TPSA) is 113 Å². The van der Waals surface area contributed by atoms with Gasteiger partial charge in [-0.05, 0) is 0 Å². The third kappa shape index (κ3) is 1.89. The van der Waals surface area contributed by atoms with Crippen LogP contribution in [0, 0.1) is 0 Å². The Bertz CT molecular complexity index is 503. The summed E-state index contributed by atoms with van der Waals surface area (Å²) in [7, 11) is 0. The summed E-state index contributed by atoms with van der Waals surface area (Å²) < 4.78 is 1.42. The van der Waals surface area contributed by atoms with Crippen molar-refractivity contribution < 1.29 is 4.79 Å². The number of hydrogen-bond acceptors (Lipinski definition) is 5. The molecule has 82 valence electrons. The van der Waals surface area contributed by atoms with Crippen LogP contribution in [-0.2, 0) is 6.54 Å². The number of aromatic nitrogens is 4. The summed E-state index contributed by atoms with van der Waals surface area (Å²) >= 11 is 0. The first-order valence-electron chi connectivity index (χ1n) is 4.56. The maximum absolute atomic E-state index is 10.9. The van der Waals surface area contributed by atoms with Crippen LogP contribution in [0.25, 0.3) is 5.82 Å². The number of nitrogens with two attached hydrogens (primary N) is 2. The monoisotopic (exact) mass is 218 g/mol. The molecule has 7 nitrogen and oxygen atoms in total. The highest BCUT2D eigenvalue weighted by atomic mass is 16.1. The lowest BCUT2D eigenvalue weighted by molar-refractivity contribution is 0.100. The molecule has 0 aliphatic heterocycles. The number of primary amides is 1. The number of amides is 1. The highest BCUT2D eigenvalue weighted by molar-refractivity contribution is 5.92. The molecule has 0 saturated heterocycles. The third-order valence-corrected chi connectivity index (χ3v) is 2.00. The van der Waals surface area contributed by atoms with Crippen molar-refractivity contribution in [3.05, 3.63) is 36.0 Å². The first kappa shape index (κ1) is 10.2. The molecule has 2 heterocycles. The van der Waals surface area contributed by atoms with E-state index in [0.717, 1.165) is 0 Å². The van der Waals surface area contributed by atoms with Gasteiger partial charge in [0.25, 0.3) is 5.91 Å². The number of hydrogen-bond donors (Lipinski definition) is 2. The molecule has 0 fully saturated rings. The second-order valence-corrected chi connectivity index (χ2v) is 3.11. The molecule has 0 aliphatic carbocycles. The van der Waals surface area contributed by atoms with Crippen molar-refractivity contribution >= 4 is 5.91 Å². The zero-order chi connectivity index (χ0) is 11.5. The number of carbonyl (C=O) groups excluding carboxylic acids is 1. The van der Waals surface area contributed by atoms with E-state index in [9.17, 15) is 4.79 Å². The van der Waals surface area contributed by atoms with Crippen molar-refractivity contribution in [2.24, 2.45) is 11.5 Å². The van der Waals surface area contributed by atoms with E-state index in [-0.39, 0.29) is 0 Å². The van der Waals surface area contributed by atoms with Crippen molar-refractivity contribution in [3.63, 3.8) is 0 Å². The lowest BCUT2D eigenvalue weighted by atomic mass is 10.3. The Kier molecular flexibility index (Phi) is 2.61. The SMILES string of the molecule is NCc1cnc(-n2cc(C(N)=O)cn2)cn1. The van der Waals surface area contributed by atoms with Crippen LogP contribution in [-0.4, -0.2) is 25.7 Å². The van der Waals surface area contributed by atoms with E-state index in [0.29, 0.717) is 23.6 Å². The highest BCUT2D eigenvalue weighted by Crippen LogP contribution is 2.04. The first-order valence-corrected chi connectivity index (χ1v) is 4.56. The molecule has 16 heavy (non-hydrogen) atoms. The van der Waals surface area contributed by atoms with Gasteiger partial charge in [0.05, 0.1) is 29.8 Å². The van der Waals surface area contributed by atoms with Gasteiger partial charge >= 0.3 is 0 Å². The Morgan fingerprint density at radius 3 is 2.62 bits per heavy atom. The van der Waals surface area contributed by atoms with Crippen LogP contribution in [0.5, 0.6) is 0 Å². The molecule has 4 N–H and O–H groups in total. The van der Waals surface area contributed by atoms with Crippen molar-refractivity contribution in [1.29, 1.82) is 0 Å². The van der Waals surface area contributed by atoms with Gasteiger partial charge in [-0.25, -0.2) is 9.67 Å². The Hall–Kier alpha value is -2.28. The molecule has 0 spiro atoms. The Labute approximate surface area is 91.1 Å². The maximum Gasteiger partial charge on any atom is 0.251 e. The molecule has 2 rings (SSSR count). The van der Waals surface area contributed by atoms with Crippen LogP contribution in [0.4, 0.5) is 0 Å². The van der Waals surface area contributed by atoms with Crippen LogP contribution in [0.1, 0.15) is 16.1 Å². The quantitative estimate of drug-likeness (QED) is 0.701. The van der Waals surface area contributed by atoms with Gasteiger partial charge in [0.1, 0.15) is 0 Å².